The molecule has 0 saturated carbocycles. The lowest BCUT2D eigenvalue weighted by atomic mass is 9.96. The lowest BCUT2D eigenvalue weighted by Crippen LogP contribution is -2.01. The van der Waals surface area contributed by atoms with E-state index < -0.39 is 0 Å². The summed E-state index contributed by atoms with van der Waals surface area (Å²) < 4.78 is 17.7. The van der Waals surface area contributed by atoms with Gasteiger partial charge in [-0.2, -0.15) is 0 Å². The van der Waals surface area contributed by atoms with E-state index in [2.05, 4.69) is 68.8 Å². The largest absolute Gasteiger partial charge is 0.356 e. The minimum absolute atomic E-state index is 0.171. The van der Waals surface area contributed by atoms with Gasteiger partial charge in [-0.15, -0.1) is 0 Å². The maximum Gasteiger partial charge on any atom is 0.111 e. The van der Waals surface area contributed by atoms with Gasteiger partial charge in [-0.3, -0.25) is 0 Å². The molecule has 0 amide bonds. The van der Waals surface area contributed by atoms with Crippen LogP contribution >= 0.6 is 0 Å². The van der Waals surface area contributed by atoms with Crippen molar-refractivity contribution in [2.45, 2.75) is 36.6 Å². The maximum atomic E-state index is 5.92. The summed E-state index contributed by atoms with van der Waals surface area (Å²) in [6.07, 6.45) is 11.0. The lowest BCUT2D eigenvalue weighted by molar-refractivity contribution is 0.138. The molecule has 6 heterocycles. The molecule has 0 spiro atoms. The lowest BCUT2D eigenvalue weighted by Gasteiger charge is -2.02. The zero-order valence-corrected chi connectivity index (χ0v) is 17.2. The Morgan fingerprint density at radius 2 is 0.515 bits per heavy atom. The molecule has 6 atom stereocenters. The van der Waals surface area contributed by atoms with Gasteiger partial charge < -0.3 is 14.2 Å². The Labute approximate surface area is 189 Å². The SMILES string of the molecule is C1=C=C=C2C(=C=C=C=C=C3C(=C=C=C=C=C4C(=C=1)C1C=CC4O1)C1C=CC3O1)C1C=CC2O1. The maximum absolute atomic E-state index is 5.92. The topological polar surface area (TPSA) is 27.7 Å². The minimum Gasteiger partial charge on any atom is -0.356 e. The van der Waals surface area contributed by atoms with Crippen molar-refractivity contribution in [3.8, 4) is 0 Å². The average Bonchev–Trinajstić information content (AvgIpc) is 3.66. The van der Waals surface area contributed by atoms with Crippen molar-refractivity contribution in [1.29, 1.82) is 0 Å². The summed E-state index contributed by atoms with van der Waals surface area (Å²) in [5.74, 6) is 0. The minimum atomic E-state index is -0.171. The Balaban J connectivity index is 1.58. The van der Waals surface area contributed by atoms with Crippen molar-refractivity contribution in [2.75, 3.05) is 0 Å². The molecule has 33 heavy (non-hydrogen) atoms. The third kappa shape index (κ3) is 2.88. The molecule has 6 aliphatic heterocycles. The standard InChI is InChI=1S/C30H12O3/c1-2-8-20-22(28-16-15-26(20)32-28)10-5-6-12-24-23(29-17-18-30(24)33-29)11-4-3-9-21-19(7-1)25-13-14-27(21)31-25/h13-18,25-30H. The Kier molecular flexibility index (Phi) is 3.93. The van der Waals surface area contributed by atoms with Gasteiger partial charge >= 0.3 is 0 Å². The van der Waals surface area contributed by atoms with E-state index in [9.17, 15) is 0 Å². The number of hydrogen-bond donors (Lipinski definition) is 0. The monoisotopic (exact) mass is 420 g/mol. The van der Waals surface area contributed by atoms with E-state index in [4.69, 9.17) is 14.2 Å². The molecule has 3 fully saturated rings. The predicted octanol–water partition coefficient (Wildman–Crippen LogP) is 3.76. The highest BCUT2D eigenvalue weighted by molar-refractivity contribution is 5.51. The van der Waals surface area contributed by atoms with E-state index in [1.807, 2.05) is 36.5 Å². The molecule has 3 saturated heterocycles. The van der Waals surface area contributed by atoms with Crippen LogP contribution in [0, 0.1) is 0 Å². The van der Waals surface area contributed by atoms with Crippen LogP contribution in [0.15, 0.2) is 139 Å². The van der Waals surface area contributed by atoms with E-state index in [1.165, 1.54) is 0 Å². The molecule has 6 unspecified atom stereocenters. The molecule has 150 valence electrons. The molecule has 3 nitrogen and oxygen atoms in total. The molecule has 1 aliphatic carbocycles. The number of rotatable bonds is 0. The normalized spacial score (nSPS) is 34.2. The zero-order valence-electron chi connectivity index (χ0n) is 17.2. The fourth-order valence-electron chi connectivity index (χ4n) is 4.68. The second-order valence-corrected chi connectivity index (χ2v) is 8.07. The number of ether oxygens (including phenoxy) is 3. The first-order chi connectivity index (χ1) is 16.3. The van der Waals surface area contributed by atoms with Crippen LogP contribution in [0.25, 0.3) is 0 Å². The van der Waals surface area contributed by atoms with Crippen LogP contribution in [-0.4, -0.2) is 36.6 Å². The fourth-order valence-corrected chi connectivity index (χ4v) is 4.68. The molecular formula is C30H12O3. The van der Waals surface area contributed by atoms with Crippen molar-refractivity contribution < 1.29 is 14.2 Å². The highest BCUT2D eigenvalue weighted by Gasteiger charge is 2.38. The van der Waals surface area contributed by atoms with E-state index >= 15 is 0 Å². The van der Waals surface area contributed by atoms with Crippen molar-refractivity contribution in [2.24, 2.45) is 0 Å². The molecule has 0 aromatic heterocycles. The van der Waals surface area contributed by atoms with Gasteiger partial charge in [0, 0.05) is 0 Å². The summed E-state index contributed by atoms with van der Waals surface area (Å²) in [5, 5.41) is 0. The van der Waals surface area contributed by atoms with Crippen molar-refractivity contribution in [1.82, 2.24) is 0 Å². The summed E-state index contributed by atoms with van der Waals surface area (Å²) in [6.45, 7) is 0. The van der Waals surface area contributed by atoms with Crippen LogP contribution in [0.4, 0.5) is 0 Å². The van der Waals surface area contributed by atoms with Crippen molar-refractivity contribution in [3.05, 3.63) is 139 Å². The van der Waals surface area contributed by atoms with E-state index in [-0.39, 0.29) is 36.6 Å². The second-order valence-electron chi connectivity index (χ2n) is 8.07. The Morgan fingerprint density at radius 3 is 0.697 bits per heavy atom. The van der Waals surface area contributed by atoms with Crippen LogP contribution in [0.2, 0.25) is 0 Å². The Bertz CT molecular complexity index is 1370. The smallest absolute Gasteiger partial charge is 0.111 e. The predicted molar refractivity (Wildman–Crippen MR) is 117 cm³/mol. The zero-order chi connectivity index (χ0) is 21.8. The van der Waals surface area contributed by atoms with Crippen LogP contribution in [0.5, 0.6) is 0 Å². The molecule has 0 aromatic rings. The first-order valence-electron chi connectivity index (χ1n) is 10.6. The van der Waals surface area contributed by atoms with Crippen molar-refractivity contribution in [3.63, 3.8) is 0 Å². The van der Waals surface area contributed by atoms with Gasteiger partial charge in [0.1, 0.15) is 36.6 Å². The summed E-state index contributed by atoms with van der Waals surface area (Å²) in [5.41, 5.74) is 41.8. The molecule has 3 heteroatoms. The third-order valence-corrected chi connectivity index (χ3v) is 6.21. The highest BCUT2D eigenvalue weighted by Crippen LogP contribution is 2.38. The molecule has 0 radical (unpaired) electrons. The number of hydrogen-bond acceptors (Lipinski definition) is 3. The van der Waals surface area contributed by atoms with E-state index in [1.54, 1.807) is 0 Å². The van der Waals surface area contributed by atoms with Gasteiger partial charge in [-0.05, 0) is 34.4 Å². The summed E-state index contributed by atoms with van der Waals surface area (Å²) in [4.78, 5) is 0. The molecular weight excluding hydrogens is 408 g/mol. The van der Waals surface area contributed by atoms with Crippen LogP contribution < -0.4 is 0 Å². The third-order valence-electron chi connectivity index (χ3n) is 6.21. The highest BCUT2D eigenvalue weighted by atomic mass is 16.5. The second kappa shape index (κ2) is 7.10. The van der Waals surface area contributed by atoms with Gasteiger partial charge in [0.25, 0.3) is 0 Å². The van der Waals surface area contributed by atoms with E-state index in [0.29, 0.717) is 0 Å². The fraction of sp³-hybridized carbons (Fsp3) is 0.200. The quantitative estimate of drug-likeness (QED) is 0.441. The van der Waals surface area contributed by atoms with E-state index in [0.717, 1.165) is 33.4 Å². The van der Waals surface area contributed by atoms with Crippen LogP contribution in [0.3, 0.4) is 0 Å². The molecule has 7 aliphatic rings. The molecule has 0 aromatic carbocycles. The summed E-state index contributed by atoms with van der Waals surface area (Å²) >= 11 is 0. The molecule has 7 rings (SSSR count). The van der Waals surface area contributed by atoms with Gasteiger partial charge in [0.15, 0.2) is 0 Å². The Morgan fingerprint density at radius 1 is 0.333 bits per heavy atom. The first-order valence-corrected chi connectivity index (χ1v) is 10.6. The Hall–Kier alpha value is -4.32. The van der Waals surface area contributed by atoms with Gasteiger partial charge in [-0.25, -0.2) is 0 Å². The first kappa shape index (κ1) is 18.3. The summed E-state index contributed by atoms with van der Waals surface area (Å²) in [6, 6.07) is 0. The number of fused-ring (bicyclic) bond motifs is 15. The van der Waals surface area contributed by atoms with Crippen LogP contribution in [-0.2, 0) is 14.2 Å². The van der Waals surface area contributed by atoms with Crippen molar-refractivity contribution >= 4 is 0 Å². The van der Waals surface area contributed by atoms with Gasteiger partial charge in [-0.1, -0.05) is 70.8 Å². The van der Waals surface area contributed by atoms with Gasteiger partial charge in [0.2, 0.25) is 0 Å². The van der Waals surface area contributed by atoms with Crippen LogP contribution in [0.1, 0.15) is 0 Å². The molecule has 0 N–H and O–H groups in total. The summed E-state index contributed by atoms with van der Waals surface area (Å²) in [7, 11) is 0. The van der Waals surface area contributed by atoms with Gasteiger partial charge in [0.05, 0.1) is 33.4 Å². The molecule has 6 bridgehead atoms. The average molecular weight is 420 g/mol.